The van der Waals surface area contributed by atoms with Gasteiger partial charge in [0.25, 0.3) is 0 Å². The third kappa shape index (κ3) is 5.02. The first-order valence-electron chi connectivity index (χ1n) is 10.7. The van der Waals surface area contributed by atoms with Crippen molar-refractivity contribution in [1.82, 2.24) is 15.2 Å². The Labute approximate surface area is 177 Å². The van der Waals surface area contributed by atoms with E-state index in [-0.39, 0.29) is 18.4 Å². The van der Waals surface area contributed by atoms with Crippen LogP contribution < -0.4 is 20.5 Å². The molecule has 0 unspecified atom stereocenters. The van der Waals surface area contributed by atoms with E-state index in [2.05, 4.69) is 15.2 Å². The van der Waals surface area contributed by atoms with E-state index in [1.807, 2.05) is 31.2 Å². The van der Waals surface area contributed by atoms with E-state index in [0.29, 0.717) is 24.9 Å². The van der Waals surface area contributed by atoms with E-state index >= 15 is 0 Å². The summed E-state index contributed by atoms with van der Waals surface area (Å²) >= 11 is 0. The van der Waals surface area contributed by atoms with Crippen LogP contribution in [-0.2, 0) is 11.2 Å². The molecule has 3 heterocycles. The number of nitrogens with zero attached hydrogens (tertiary/aromatic N) is 2. The predicted molar refractivity (Wildman–Crippen MR) is 116 cm³/mol. The molecule has 4 rings (SSSR count). The number of carbonyl (C=O) groups excluding carboxylic acids is 1. The van der Waals surface area contributed by atoms with E-state index in [4.69, 9.17) is 15.2 Å². The van der Waals surface area contributed by atoms with Crippen LogP contribution in [0, 0.1) is 12.8 Å². The number of carbonyl (C=O) groups is 1. The quantitative estimate of drug-likeness (QED) is 0.759. The van der Waals surface area contributed by atoms with Gasteiger partial charge in [0.15, 0.2) is 11.5 Å². The highest BCUT2D eigenvalue weighted by atomic mass is 16.6. The van der Waals surface area contributed by atoms with Crippen molar-refractivity contribution < 1.29 is 14.3 Å². The van der Waals surface area contributed by atoms with Crippen molar-refractivity contribution in [2.75, 3.05) is 38.5 Å². The lowest BCUT2D eigenvalue weighted by atomic mass is 9.96. The van der Waals surface area contributed by atoms with Crippen LogP contribution in [0.3, 0.4) is 0 Å². The Morgan fingerprint density at radius 3 is 2.90 bits per heavy atom. The number of likely N-dealkylation sites (tertiary alicyclic amines) is 1. The molecule has 7 heteroatoms. The highest BCUT2D eigenvalue weighted by Gasteiger charge is 2.27. The molecule has 0 bridgehead atoms. The second kappa shape index (κ2) is 9.34. The predicted octanol–water partition coefficient (Wildman–Crippen LogP) is 2.18. The highest BCUT2D eigenvalue weighted by Crippen LogP contribution is 2.34. The summed E-state index contributed by atoms with van der Waals surface area (Å²) < 4.78 is 12.1. The van der Waals surface area contributed by atoms with Crippen LogP contribution in [0.25, 0.3) is 0 Å². The minimum Gasteiger partial charge on any atom is -0.486 e. The first-order chi connectivity index (χ1) is 14.6. The van der Waals surface area contributed by atoms with Gasteiger partial charge in [-0.25, -0.2) is 4.98 Å². The number of benzene rings is 1. The number of amides is 1. The molecule has 3 N–H and O–H groups in total. The summed E-state index contributed by atoms with van der Waals surface area (Å²) in [7, 11) is 0. The molecule has 1 fully saturated rings. The van der Waals surface area contributed by atoms with Crippen molar-refractivity contribution >= 4 is 11.7 Å². The molecule has 1 amide bonds. The number of pyridine rings is 1. The molecule has 0 aliphatic carbocycles. The molecule has 2 aromatic rings. The van der Waals surface area contributed by atoms with Crippen molar-refractivity contribution in [3.8, 4) is 11.5 Å². The second-order valence-corrected chi connectivity index (χ2v) is 8.23. The van der Waals surface area contributed by atoms with Crippen LogP contribution >= 0.6 is 0 Å². The summed E-state index contributed by atoms with van der Waals surface area (Å²) in [5.74, 6) is 2.64. The maximum Gasteiger partial charge on any atom is 0.224 e. The molecule has 1 aromatic heterocycles. The molecule has 2 aliphatic heterocycles. The number of para-hydroxylation sites is 1. The number of fused-ring (bicyclic) bond motifs is 1. The third-order valence-corrected chi connectivity index (χ3v) is 5.92. The minimum absolute atomic E-state index is 0.00100. The van der Waals surface area contributed by atoms with E-state index in [9.17, 15) is 4.79 Å². The number of anilines is 1. The maximum absolute atomic E-state index is 12.2. The average molecular weight is 411 g/mol. The van der Waals surface area contributed by atoms with Gasteiger partial charge in [-0.1, -0.05) is 18.2 Å². The Morgan fingerprint density at radius 1 is 1.27 bits per heavy atom. The van der Waals surface area contributed by atoms with Crippen molar-refractivity contribution in [3.63, 3.8) is 0 Å². The Hall–Kier alpha value is -2.80. The molecule has 0 spiro atoms. The van der Waals surface area contributed by atoms with Crippen LogP contribution in [0.1, 0.15) is 24.0 Å². The van der Waals surface area contributed by atoms with Gasteiger partial charge in [0.2, 0.25) is 5.91 Å². The Bertz CT molecular complexity index is 881. The smallest absolute Gasteiger partial charge is 0.224 e. The minimum atomic E-state index is -0.00100. The van der Waals surface area contributed by atoms with Crippen LogP contribution in [0.4, 0.5) is 5.82 Å². The zero-order valence-corrected chi connectivity index (χ0v) is 17.5. The number of nitrogens with two attached hydrogens (primary N) is 1. The monoisotopic (exact) mass is 410 g/mol. The largest absolute Gasteiger partial charge is 0.486 e. The van der Waals surface area contributed by atoms with Crippen molar-refractivity contribution in [3.05, 3.63) is 47.7 Å². The van der Waals surface area contributed by atoms with Crippen molar-refractivity contribution in [2.45, 2.75) is 32.3 Å². The van der Waals surface area contributed by atoms with Gasteiger partial charge < -0.3 is 20.5 Å². The molecule has 1 aromatic carbocycles. The average Bonchev–Trinajstić information content (AvgIpc) is 2.75. The number of hydrogen-bond acceptors (Lipinski definition) is 6. The van der Waals surface area contributed by atoms with Gasteiger partial charge in [-0.2, -0.15) is 0 Å². The van der Waals surface area contributed by atoms with E-state index < -0.39 is 0 Å². The van der Waals surface area contributed by atoms with Crippen LogP contribution in [0.5, 0.6) is 11.5 Å². The summed E-state index contributed by atoms with van der Waals surface area (Å²) in [4.78, 5) is 18.7. The lowest BCUT2D eigenvalue weighted by Gasteiger charge is -2.36. The molecular weight excluding hydrogens is 380 g/mol. The number of ether oxygens (including phenoxy) is 2. The standard InChI is InChI=1S/C23H30N4O3/c1-16-4-2-6-20-22(16)30-19(15-29-20)14-27-10-7-17(8-11-27)13-26-21(28)12-18-5-3-9-25-23(18)24/h2-6,9,17,19H,7-8,10-15H2,1H3,(H2,24,25)(H,26,28)/t19-/m0/s1. The number of hydrogen-bond donors (Lipinski definition) is 2. The Balaban J connectivity index is 1.18. The molecule has 0 saturated carbocycles. The highest BCUT2D eigenvalue weighted by molar-refractivity contribution is 5.79. The fourth-order valence-corrected chi connectivity index (χ4v) is 4.12. The first-order valence-corrected chi connectivity index (χ1v) is 10.7. The number of piperidine rings is 1. The molecule has 2 aliphatic rings. The molecular formula is C23H30N4O3. The fraction of sp³-hybridized carbons (Fsp3) is 0.478. The molecule has 1 saturated heterocycles. The topological polar surface area (TPSA) is 89.7 Å². The Kier molecular flexibility index (Phi) is 6.38. The summed E-state index contributed by atoms with van der Waals surface area (Å²) in [6, 6.07) is 9.65. The van der Waals surface area contributed by atoms with Gasteiger partial charge in [0.1, 0.15) is 18.5 Å². The summed E-state index contributed by atoms with van der Waals surface area (Å²) in [6.45, 7) is 6.24. The number of aryl methyl sites for hydroxylation is 1. The van der Waals surface area contributed by atoms with Crippen molar-refractivity contribution in [2.24, 2.45) is 5.92 Å². The van der Waals surface area contributed by atoms with E-state index in [1.165, 1.54) is 0 Å². The molecule has 0 radical (unpaired) electrons. The number of rotatable bonds is 6. The number of nitrogens with one attached hydrogen (secondary N) is 1. The van der Waals surface area contributed by atoms with Crippen molar-refractivity contribution in [1.29, 1.82) is 0 Å². The lowest BCUT2D eigenvalue weighted by Crippen LogP contribution is -2.45. The summed E-state index contributed by atoms with van der Waals surface area (Å²) in [5, 5.41) is 3.06. The number of nitrogen functional groups attached to an aromatic ring is 1. The molecule has 7 nitrogen and oxygen atoms in total. The zero-order valence-electron chi connectivity index (χ0n) is 17.5. The summed E-state index contributed by atoms with van der Waals surface area (Å²) in [6.07, 6.45) is 4.10. The van der Waals surface area contributed by atoms with Gasteiger partial charge in [-0.15, -0.1) is 0 Å². The van der Waals surface area contributed by atoms with Gasteiger partial charge in [0.05, 0.1) is 6.42 Å². The molecule has 1 atom stereocenters. The molecule has 30 heavy (non-hydrogen) atoms. The maximum atomic E-state index is 12.2. The van der Waals surface area contributed by atoms with Gasteiger partial charge in [0, 0.05) is 24.8 Å². The van der Waals surface area contributed by atoms with Gasteiger partial charge in [-0.3, -0.25) is 9.69 Å². The van der Waals surface area contributed by atoms with E-state index in [1.54, 1.807) is 12.3 Å². The Morgan fingerprint density at radius 2 is 2.10 bits per heavy atom. The number of aromatic nitrogens is 1. The lowest BCUT2D eigenvalue weighted by molar-refractivity contribution is -0.120. The first kappa shape index (κ1) is 20.5. The van der Waals surface area contributed by atoms with Crippen LogP contribution in [-0.4, -0.2) is 54.7 Å². The van der Waals surface area contributed by atoms with Crippen LogP contribution in [0.2, 0.25) is 0 Å². The summed E-state index contributed by atoms with van der Waals surface area (Å²) in [5.41, 5.74) is 7.70. The third-order valence-electron chi connectivity index (χ3n) is 5.92. The van der Waals surface area contributed by atoms with E-state index in [0.717, 1.165) is 55.1 Å². The molecule has 160 valence electrons. The fourth-order valence-electron chi connectivity index (χ4n) is 4.12. The SMILES string of the molecule is Cc1cccc2c1O[C@@H](CN1CCC(CNC(=O)Cc3cccnc3N)CC1)CO2. The van der Waals surface area contributed by atoms with Gasteiger partial charge >= 0.3 is 0 Å². The van der Waals surface area contributed by atoms with Crippen LogP contribution in [0.15, 0.2) is 36.5 Å². The normalized spacial score (nSPS) is 19.4. The van der Waals surface area contributed by atoms with Gasteiger partial charge in [-0.05, 0) is 56.5 Å². The zero-order chi connectivity index (χ0) is 20.9. The second-order valence-electron chi connectivity index (χ2n) is 8.23.